The normalized spacial score (nSPS) is 9.84. The molecule has 0 radical (unpaired) electrons. The molecule has 1 aromatic carbocycles. The van der Waals surface area contributed by atoms with Crippen LogP contribution in [0.2, 0.25) is 5.02 Å². The van der Waals surface area contributed by atoms with Crippen LogP contribution in [-0.2, 0) is 11.2 Å². The van der Waals surface area contributed by atoms with E-state index >= 15 is 0 Å². The van der Waals surface area contributed by atoms with Gasteiger partial charge in [0.2, 0.25) is 5.91 Å². The molecule has 0 fully saturated rings. The van der Waals surface area contributed by atoms with Crippen LogP contribution in [-0.4, -0.2) is 38.0 Å². The van der Waals surface area contributed by atoms with Crippen LogP contribution in [0.1, 0.15) is 18.4 Å². The van der Waals surface area contributed by atoms with Gasteiger partial charge in [-0.15, -0.1) is 12.4 Å². The zero-order chi connectivity index (χ0) is 13.4. The maximum absolute atomic E-state index is 11.8. The number of hydrogen-bond acceptors (Lipinski definition) is 2. The SMILES string of the molecule is CNCCN(C)C(=O)CCCc1ccc(Cl)cc1.Cl. The van der Waals surface area contributed by atoms with E-state index in [4.69, 9.17) is 11.6 Å². The average Bonchev–Trinajstić information content (AvgIpc) is 2.38. The number of hydrogen-bond donors (Lipinski definition) is 1. The highest BCUT2D eigenvalue weighted by molar-refractivity contribution is 6.30. The van der Waals surface area contributed by atoms with Gasteiger partial charge in [-0.05, 0) is 37.6 Å². The molecule has 0 aliphatic carbocycles. The van der Waals surface area contributed by atoms with Crippen molar-refractivity contribution in [3.8, 4) is 0 Å². The van der Waals surface area contributed by atoms with Gasteiger partial charge in [-0.2, -0.15) is 0 Å². The molecule has 0 saturated heterocycles. The molecule has 0 aliphatic heterocycles. The Hall–Kier alpha value is -0.770. The molecular formula is C14H22Cl2N2O. The van der Waals surface area contributed by atoms with Crippen molar-refractivity contribution in [3.63, 3.8) is 0 Å². The zero-order valence-corrected chi connectivity index (χ0v) is 13.1. The average molecular weight is 305 g/mol. The first kappa shape index (κ1) is 18.2. The van der Waals surface area contributed by atoms with Crippen LogP contribution in [0.3, 0.4) is 0 Å². The van der Waals surface area contributed by atoms with E-state index in [0.717, 1.165) is 31.0 Å². The largest absolute Gasteiger partial charge is 0.344 e. The van der Waals surface area contributed by atoms with E-state index in [-0.39, 0.29) is 18.3 Å². The molecule has 0 heterocycles. The van der Waals surface area contributed by atoms with Gasteiger partial charge in [0.05, 0.1) is 0 Å². The number of aryl methyl sites for hydroxylation is 1. The lowest BCUT2D eigenvalue weighted by Crippen LogP contribution is -2.32. The summed E-state index contributed by atoms with van der Waals surface area (Å²) in [5, 5.41) is 3.79. The number of nitrogens with one attached hydrogen (secondary N) is 1. The summed E-state index contributed by atoms with van der Waals surface area (Å²) in [6.45, 7) is 1.59. The summed E-state index contributed by atoms with van der Waals surface area (Å²) in [5.41, 5.74) is 1.23. The first-order valence-corrected chi connectivity index (χ1v) is 6.64. The smallest absolute Gasteiger partial charge is 0.222 e. The first-order valence-electron chi connectivity index (χ1n) is 6.26. The topological polar surface area (TPSA) is 32.3 Å². The lowest BCUT2D eigenvalue weighted by Gasteiger charge is -2.16. The molecule has 1 N–H and O–H groups in total. The van der Waals surface area contributed by atoms with Crippen LogP contribution in [0, 0.1) is 0 Å². The minimum absolute atomic E-state index is 0. The molecule has 1 amide bonds. The van der Waals surface area contributed by atoms with E-state index in [1.165, 1.54) is 5.56 Å². The fraction of sp³-hybridized carbons (Fsp3) is 0.500. The lowest BCUT2D eigenvalue weighted by atomic mass is 10.1. The summed E-state index contributed by atoms with van der Waals surface area (Å²) >= 11 is 5.82. The summed E-state index contributed by atoms with van der Waals surface area (Å²) in [7, 11) is 3.74. The van der Waals surface area contributed by atoms with E-state index in [9.17, 15) is 4.79 Å². The fourth-order valence-electron chi connectivity index (χ4n) is 1.69. The van der Waals surface area contributed by atoms with Gasteiger partial charge in [0.15, 0.2) is 0 Å². The molecule has 1 rings (SSSR count). The maximum atomic E-state index is 11.8. The van der Waals surface area contributed by atoms with Crippen molar-refractivity contribution in [2.75, 3.05) is 27.2 Å². The van der Waals surface area contributed by atoms with Crippen LogP contribution in [0.4, 0.5) is 0 Å². The third kappa shape index (κ3) is 7.41. The van der Waals surface area contributed by atoms with E-state index in [1.807, 2.05) is 38.4 Å². The Bertz CT molecular complexity index is 368. The van der Waals surface area contributed by atoms with Crippen LogP contribution in [0.5, 0.6) is 0 Å². The van der Waals surface area contributed by atoms with Crippen molar-refractivity contribution in [2.45, 2.75) is 19.3 Å². The highest BCUT2D eigenvalue weighted by Gasteiger charge is 2.07. The number of halogens is 2. The molecule has 19 heavy (non-hydrogen) atoms. The Balaban J connectivity index is 0.00000324. The third-order valence-corrected chi connectivity index (χ3v) is 3.14. The van der Waals surface area contributed by atoms with Crippen LogP contribution in [0.15, 0.2) is 24.3 Å². The summed E-state index contributed by atoms with van der Waals surface area (Å²) in [6, 6.07) is 7.80. The minimum Gasteiger partial charge on any atom is -0.344 e. The van der Waals surface area contributed by atoms with Gasteiger partial charge in [0, 0.05) is 31.6 Å². The summed E-state index contributed by atoms with van der Waals surface area (Å²) in [6.07, 6.45) is 2.40. The summed E-state index contributed by atoms with van der Waals surface area (Å²) in [4.78, 5) is 13.5. The number of likely N-dealkylation sites (N-methyl/N-ethyl adjacent to an activating group) is 2. The molecule has 0 aliphatic rings. The van der Waals surface area contributed by atoms with Crippen molar-refractivity contribution >= 4 is 29.9 Å². The van der Waals surface area contributed by atoms with Crippen molar-refractivity contribution < 1.29 is 4.79 Å². The molecule has 0 bridgehead atoms. The predicted molar refractivity (Wildman–Crippen MR) is 83.2 cm³/mol. The zero-order valence-electron chi connectivity index (χ0n) is 11.5. The van der Waals surface area contributed by atoms with Crippen molar-refractivity contribution in [1.82, 2.24) is 10.2 Å². The highest BCUT2D eigenvalue weighted by Crippen LogP contribution is 2.11. The van der Waals surface area contributed by atoms with E-state index in [2.05, 4.69) is 5.32 Å². The Morgan fingerprint density at radius 3 is 2.53 bits per heavy atom. The van der Waals surface area contributed by atoms with Gasteiger partial charge in [-0.1, -0.05) is 23.7 Å². The third-order valence-electron chi connectivity index (χ3n) is 2.89. The Morgan fingerprint density at radius 1 is 1.32 bits per heavy atom. The van der Waals surface area contributed by atoms with Crippen LogP contribution < -0.4 is 5.32 Å². The van der Waals surface area contributed by atoms with Crippen molar-refractivity contribution in [3.05, 3.63) is 34.9 Å². The highest BCUT2D eigenvalue weighted by atomic mass is 35.5. The Morgan fingerprint density at radius 2 is 1.95 bits per heavy atom. The molecule has 0 saturated carbocycles. The quantitative estimate of drug-likeness (QED) is 0.840. The van der Waals surface area contributed by atoms with Gasteiger partial charge in [-0.3, -0.25) is 4.79 Å². The van der Waals surface area contributed by atoms with Crippen LogP contribution in [0.25, 0.3) is 0 Å². The second-order valence-corrected chi connectivity index (χ2v) is 4.84. The predicted octanol–water partition coefficient (Wildman–Crippen LogP) is 2.76. The van der Waals surface area contributed by atoms with E-state index in [1.54, 1.807) is 4.90 Å². The van der Waals surface area contributed by atoms with Crippen molar-refractivity contribution in [2.24, 2.45) is 0 Å². The maximum Gasteiger partial charge on any atom is 0.222 e. The Labute approximate surface area is 126 Å². The minimum atomic E-state index is 0. The molecule has 0 aromatic heterocycles. The lowest BCUT2D eigenvalue weighted by molar-refractivity contribution is -0.129. The van der Waals surface area contributed by atoms with Gasteiger partial charge >= 0.3 is 0 Å². The molecule has 0 atom stereocenters. The molecule has 3 nitrogen and oxygen atoms in total. The second-order valence-electron chi connectivity index (χ2n) is 4.40. The van der Waals surface area contributed by atoms with Gasteiger partial charge in [-0.25, -0.2) is 0 Å². The molecular weight excluding hydrogens is 283 g/mol. The molecule has 5 heteroatoms. The number of nitrogens with zero attached hydrogens (tertiary/aromatic N) is 1. The first-order chi connectivity index (χ1) is 8.63. The van der Waals surface area contributed by atoms with Crippen LogP contribution >= 0.6 is 24.0 Å². The number of rotatable bonds is 7. The number of benzene rings is 1. The summed E-state index contributed by atoms with van der Waals surface area (Å²) < 4.78 is 0. The standard InChI is InChI=1S/C14H21ClN2O.ClH/c1-16-10-11-17(2)14(18)5-3-4-12-6-8-13(15)9-7-12;/h6-9,16H,3-5,10-11H2,1-2H3;1H. The number of carbonyl (C=O) groups is 1. The number of amides is 1. The molecule has 0 spiro atoms. The van der Waals surface area contributed by atoms with Gasteiger partial charge < -0.3 is 10.2 Å². The van der Waals surface area contributed by atoms with Gasteiger partial charge in [0.25, 0.3) is 0 Å². The monoisotopic (exact) mass is 304 g/mol. The molecule has 108 valence electrons. The van der Waals surface area contributed by atoms with Crippen molar-refractivity contribution in [1.29, 1.82) is 0 Å². The second kappa shape index (κ2) is 10.1. The van der Waals surface area contributed by atoms with Gasteiger partial charge in [0.1, 0.15) is 0 Å². The summed E-state index contributed by atoms with van der Waals surface area (Å²) in [5.74, 6) is 0.208. The number of carbonyl (C=O) groups excluding carboxylic acids is 1. The van der Waals surface area contributed by atoms with E-state index in [0.29, 0.717) is 6.42 Å². The Kier molecular flexibility index (Phi) is 9.66. The molecule has 0 unspecified atom stereocenters. The fourth-order valence-corrected chi connectivity index (χ4v) is 1.82. The van der Waals surface area contributed by atoms with E-state index < -0.39 is 0 Å². The molecule has 1 aromatic rings.